The average Bonchev–Trinajstić information content (AvgIpc) is 2.78. The smallest absolute Gasteiger partial charge is 0.321 e. The van der Waals surface area contributed by atoms with Gasteiger partial charge in [0.2, 0.25) is 0 Å². The van der Waals surface area contributed by atoms with Gasteiger partial charge in [-0.1, -0.05) is 5.57 Å². The lowest BCUT2D eigenvalue weighted by atomic mass is 9.70. The maximum Gasteiger partial charge on any atom is 0.321 e. The van der Waals surface area contributed by atoms with Crippen LogP contribution in [0.5, 0.6) is 0 Å². The van der Waals surface area contributed by atoms with Crippen LogP contribution >= 0.6 is 0 Å². The zero-order chi connectivity index (χ0) is 13.5. The van der Waals surface area contributed by atoms with E-state index >= 15 is 0 Å². The molecule has 98 valence electrons. The molecule has 0 amide bonds. The van der Waals surface area contributed by atoms with Gasteiger partial charge in [0.25, 0.3) is 0 Å². The number of hydrogen-bond acceptors (Lipinski definition) is 4. The van der Waals surface area contributed by atoms with E-state index in [4.69, 9.17) is 4.74 Å². The van der Waals surface area contributed by atoms with Gasteiger partial charge in [0.1, 0.15) is 11.2 Å². The predicted molar refractivity (Wildman–Crippen MR) is 64.7 cm³/mol. The topological polar surface area (TPSA) is 60.4 Å². The number of carbonyl (C=O) groups excluding carboxylic acids is 3. The number of esters is 1. The van der Waals surface area contributed by atoms with E-state index in [1.54, 1.807) is 6.92 Å². The third-order valence-electron chi connectivity index (χ3n) is 4.26. The van der Waals surface area contributed by atoms with Crippen molar-refractivity contribution in [3.05, 3.63) is 11.6 Å². The minimum absolute atomic E-state index is 0.0954. The Morgan fingerprint density at radius 1 is 1.44 bits per heavy atom. The van der Waals surface area contributed by atoms with Crippen molar-refractivity contribution in [3.8, 4) is 0 Å². The van der Waals surface area contributed by atoms with Gasteiger partial charge >= 0.3 is 5.97 Å². The summed E-state index contributed by atoms with van der Waals surface area (Å²) in [7, 11) is 0. The van der Waals surface area contributed by atoms with Gasteiger partial charge in [-0.3, -0.25) is 14.4 Å². The van der Waals surface area contributed by atoms with Gasteiger partial charge in [-0.2, -0.15) is 0 Å². The maximum absolute atomic E-state index is 12.3. The highest BCUT2D eigenvalue weighted by Gasteiger charge is 2.65. The van der Waals surface area contributed by atoms with E-state index in [-0.39, 0.29) is 24.1 Å². The molecule has 0 radical (unpaired) electrons. The van der Waals surface area contributed by atoms with Gasteiger partial charge in [-0.15, -0.1) is 0 Å². The second-order valence-corrected chi connectivity index (χ2v) is 5.14. The number of carbonyl (C=O) groups is 3. The fraction of sp³-hybridized carbons (Fsp3) is 0.643. The Kier molecular flexibility index (Phi) is 3.13. The molecule has 1 saturated carbocycles. The minimum atomic E-state index is -1.26. The number of ether oxygens (including phenoxy) is 1. The largest absolute Gasteiger partial charge is 0.465 e. The Morgan fingerprint density at radius 2 is 2.11 bits per heavy atom. The van der Waals surface area contributed by atoms with Crippen molar-refractivity contribution in [1.82, 2.24) is 0 Å². The highest BCUT2D eigenvalue weighted by molar-refractivity contribution is 6.15. The van der Waals surface area contributed by atoms with Crippen molar-refractivity contribution in [2.45, 2.75) is 33.6 Å². The van der Waals surface area contributed by atoms with Gasteiger partial charge in [0, 0.05) is 11.8 Å². The predicted octanol–water partition coefficient (Wildman–Crippen LogP) is 1.68. The standard InChI is InChI=1S/C14H18O4/c1-4-18-13(17)14-10(8(2)7-12(14)16)5-6-11(14)9(3)15/h7,10-11H,4-6H2,1-3H3/t10-,11+,14-/m1/s1. The molecule has 0 saturated heterocycles. The summed E-state index contributed by atoms with van der Waals surface area (Å²) in [5, 5.41) is 0. The van der Waals surface area contributed by atoms with Crippen LogP contribution in [0.1, 0.15) is 33.6 Å². The maximum atomic E-state index is 12.3. The van der Waals surface area contributed by atoms with E-state index in [2.05, 4.69) is 0 Å². The van der Waals surface area contributed by atoms with Crippen molar-refractivity contribution >= 4 is 17.5 Å². The highest BCUT2D eigenvalue weighted by atomic mass is 16.5. The molecule has 0 bridgehead atoms. The first-order valence-electron chi connectivity index (χ1n) is 6.36. The van der Waals surface area contributed by atoms with Crippen LogP contribution in [-0.2, 0) is 19.1 Å². The molecule has 0 heterocycles. The number of fused-ring (bicyclic) bond motifs is 1. The summed E-state index contributed by atoms with van der Waals surface area (Å²) in [5.41, 5.74) is -0.358. The first-order chi connectivity index (χ1) is 8.46. The number of allylic oxidation sites excluding steroid dienone is 2. The molecule has 0 unspecified atom stereocenters. The van der Waals surface area contributed by atoms with E-state index in [0.717, 1.165) is 5.57 Å². The highest BCUT2D eigenvalue weighted by Crippen LogP contribution is 2.56. The zero-order valence-corrected chi connectivity index (χ0v) is 11.0. The van der Waals surface area contributed by atoms with Crippen LogP contribution in [-0.4, -0.2) is 24.1 Å². The first-order valence-corrected chi connectivity index (χ1v) is 6.36. The van der Waals surface area contributed by atoms with Gasteiger partial charge in [0.05, 0.1) is 6.61 Å². The number of rotatable bonds is 3. The van der Waals surface area contributed by atoms with Crippen LogP contribution in [0.3, 0.4) is 0 Å². The quantitative estimate of drug-likeness (QED) is 0.565. The number of hydrogen-bond donors (Lipinski definition) is 0. The molecule has 0 aromatic carbocycles. The second-order valence-electron chi connectivity index (χ2n) is 5.14. The van der Waals surface area contributed by atoms with Crippen molar-refractivity contribution in [2.24, 2.45) is 17.3 Å². The average molecular weight is 250 g/mol. The molecule has 3 atom stereocenters. The van der Waals surface area contributed by atoms with Crippen molar-refractivity contribution in [1.29, 1.82) is 0 Å². The molecule has 2 aliphatic rings. The van der Waals surface area contributed by atoms with Crippen LogP contribution in [0, 0.1) is 17.3 Å². The first kappa shape index (κ1) is 13.0. The molecular weight excluding hydrogens is 232 g/mol. The molecule has 2 aliphatic carbocycles. The van der Waals surface area contributed by atoms with Gasteiger partial charge in [0.15, 0.2) is 5.78 Å². The molecule has 18 heavy (non-hydrogen) atoms. The molecule has 1 fully saturated rings. The van der Waals surface area contributed by atoms with E-state index in [9.17, 15) is 14.4 Å². The zero-order valence-electron chi connectivity index (χ0n) is 11.0. The van der Waals surface area contributed by atoms with Crippen LogP contribution in [0.25, 0.3) is 0 Å². The summed E-state index contributed by atoms with van der Waals surface area (Å²) < 4.78 is 5.08. The van der Waals surface area contributed by atoms with Crippen molar-refractivity contribution in [3.63, 3.8) is 0 Å². The van der Waals surface area contributed by atoms with Crippen LogP contribution in [0.4, 0.5) is 0 Å². The summed E-state index contributed by atoms with van der Waals surface area (Å²) in [4.78, 5) is 36.4. The van der Waals surface area contributed by atoms with Crippen LogP contribution < -0.4 is 0 Å². The summed E-state index contributed by atoms with van der Waals surface area (Å²) in [6, 6.07) is 0. The lowest BCUT2D eigenvalue weighted by Gasteiger charge is -2.30. The number of ketones is 2. The Balaban J connectivity index is 2.50. The fourth-order valence-electron chi connectivity index (χ4n) is 3.55. The summed E-state index contributed by atoms with van der Waals surface area (Å²) in [6.07, 6.45) is 2.81. The molecular formula is C14H18O4. The molecule has 4 nitrogen and oxygen atoms in total. The Hall–Kier alpha value is -1.45. The normalized spacial score (nSPS) is 34.2. The Morgan fingerprint density at radius 3 is 2.67 bits per heavy atom. The van der Waals surface area contributed by atoms with Crippen molar-refractivity contribution in [2.75, 3.05) is 6.61 Å². The van der Waals surface area contributed by atoms with E-state index in [1.165, 1.54) is 13.0 Å². The third kappa shape index (κ3) is 1.48. The van der Waals surface area contributed by atoms with Gasteiger partial charge in [-0.25, -0.2) is 0 Å². The lowest BCUT2D eigenvalue weighted by Crippen LogP contribution is -2.47. The Bertz CT molecular complexity index is 449. The van der Waals surface area contributed by atoms with E-state index < -0.39 is 17.3 Å². The third-order valence-corrected chi connectivity index (χ3v) is 4.26. The Labute approximate surface area is 106 Å². The fourth-order valence-corrected chi connectivity index (χ4v) is 3.55. The molecule has 0 aromatic heterocycles. The molecule has 0 spiro atoms. The summed E-state index contributed by atoms with van der Waals surface area (Å²) >= 11 is 0. The molecule has 4 heteroatoms. The van der Waals surface area contributed by atoms with Gasteiger partial charge < -0.3 is 4.74 Å². The second kappa shape index (κ2) is 4.34. The summed E-state index contributed by atoms with van der Waals surface area (Å²) in [6.45, 7) is 5.24. The van der Waals surface area contributed by atoms with Crippen molar-refractivity contribution < 1.29 is 19.1 Å². The molecule has 2 rings (SSSR count). The van der Waals surface area contributed by atoms with Crippen LogP contribution in [0.2, 0.25) is 0 Å². The minimum Gasteiger partial charge on any atom is -0.465 e. The molecule has 0 N–H and O–H groups in total. The van der Waals surface area contributed by atoms with Crippen LogP contribution in [0.15, 0.2) is 11.6 Å². The SMILES string of the molecule is CCOC(=O)[C@]12C(=O)C=C(C)[C@H]1CC[C@H]2C(C)=O. The molecule has 0 aliphatic heterocycles. The monoisotopic (exact) mass is 250 g/mol. The van der Waals surface area contributed by atoms with Gasteiger partial charge in [-0.05, 0) is 39.7 Å². The summed E-state index contributed by atoms with van der Waals surface area (Å²) in [5.74, 6) is -1.55. The lowest BCUT2D eigenvalue weighted by molar-refractivity contribution is -0.165. The van der Waals surface area contributed by atoms with E-state index in [1.807, 2.05) is 6.92 Å². The molecule has 0 aromatic rings. The van der Waals surface area contributed by atoms with E-state index in [0.29, 0.717) is 12.8 Å². The number of Topliss-reactive ketones (excluding diaryl/α,β-unsaturated/α-hetero) is 1.